The van der Waals surface area contributed by atoms with Gasteiger partial charge in [-0.1, -0.05) is 0 Å². The van der Waals surface area contributed by atoms with E-state index in [0.29, 0.717) is 18.4 Å². The molecule has 1 saturated carbocycles. The summed E-state index contributed by atoms with van der Waals surface area (Å²) in [4.78, 5) is 28.2. The SMILES string of the molecule is CC(=O)O[C@H]1C[C@@H](C(C)(C)Cl)C[C@H]2[C@H](O)c3c(cc(-c4cccnc4)oc3=O)O[C@]12C. The number of nitrogens with zero attached hydrogens (tertiary/aromatic N) is 1. The highest BCUT2D eigenvalue weighted by molar-refractivity contribution is 6.23. The molecule has 1 fully saturated rings. The molecule has 0 saturated heterocycles. The number of halogens is 1. The second kappa shape index (κ2) is 7.64. The van der Waals surface area contributed by atoms with Crippen LogP contribution in [0, 0.1) is 11.8 Å². The van der Waals surface area contributed by atoms with E-state index in [4.69, 9.17) is 25.5 Å². The van der Waals surface area contributed by atoms with Crippen LogP contribution in [0.2, 0.25) is 0 Å². The lowest BCUT2D eigenvalue weighted by molar-refractivity contribution is -0.193. The van der Waals surface area contributed by atoms with E-state index in [0.717, 1.165) is 0 Å². The number of carbonyl (C=O) groups excluding carboxylic acids is 1. The molecule has 2 aliphatic rings. The molecule has 0 aromatic carbocycles. The fourth-order valence-corrected chi connectivity index (χ4v) is 4.98. The average Bonchev–Trinajstić information content (AvgIpc) is 2.68. The lowest BCUT2D eigenvalue weighted by Crippen LogP contribution is -2.62. The van der Waals surface area contributed by atoms with Crippen molar-refractivity contribution in [2.24, 2.45) is 11.8 Å². The van der Waals surface area contributed by atoms with Crippen LogP contribution in [0.4, 0.5) is 0 Å². The van der Waals surface area contributed by atoms with Gasteiger partial charge in [0.2, 0.25) is 0 Å². The molecule has 0 amide bonds. The van der Waals surface area contributed by atoms with E-state index < -0.39 is 40.2 Å². The smallest absolute Gasteiger partial charge is 0.345 e. The zero-order valence-corrected chi connectivity index (χ0v) is 18.7. The van der Waals surface area contributed by atoms with Crippen LogP contribution in [0.1, 0.15) is 52.2 Å². The summed E-state index contributed by atoms with van der Waals surface area (Å²) in [5.74, 6) is -0.496. The molecule has 31 heavy (non-hydrogen) atoms. The minimum Gasteiger partial charge on any atom is -0.482 e. The van der Waals surface area contributed by atoms with Gasteiger partial charge in [-0.15, -0.1) is 11.6 Å². The molecule has 7 nitrogen and oxygen atoms in total. The summed E-state index contributed by atoms with van der Waals surface area (Å²) in [7, 11) is 0. The van der Waals surface area contributed by atoms with Gasteiger partial charge in [-0.2, -0.15) is 0 Å². The number of esters is 1. The van der Waals surface area contributed by atoms with Gasteiger partial charge in [0, 0.05) is 41.7 Å². The van der Waals surface area contributed by atoms with Crippen molar-refractivity contribution in [3.05, 3.63) is 46.6 Å². The van der Waals surface area contributed by atoms with Gasteiger partial charge < -0.3 is 19.0 Å². The van der Waals surface area contributed by atoms with Crippen LogP contribution < -0.4 is 10.4 Å². The molecule has 8 heteroatoms. The first-order chi connectivity index (χ1) is 14.5. The van der Waals surface area contributed by atoms with E-state index in [2.05, 4.69) is 4.98 Å². The molecule has 0 radical (unpaired) electrons. The Kier molecular flexibility index (Phi) is 5.38. The standard InChI is InChI=1S/C23H26ClNO6/c1-12(26)29-18-9-14(22(2,3)24)8-15-20(27)19-17(31-23(15,18)4)10-16(30-21(19)28)13-6-5-7-25-11-13/h5-7,10-11,14-15,18,20,27H,8-9H2,1-4H3/t14-,15-,18-,20-,23-/m0/s1. The van der Waals surface area contributed by atoms with Crippen molar-refractivity contribution in [3.63, 3.8) is 0 Å². The first-order valence-corrected chi connectivity index (χ1v) is 10.7. The Morgan fingerprint density at radius 2 is 2.13 bits per heavy atom. The van der Waals surface area contributed by atoms with Crippen molar-refractivity contribution in [1.29, 1.82) is 0 Å². The molecule has 2 aromatic rings. The van der Waals surface area contributed by atoms with Crippen molar-refractivity contribution in [2.75, 3.05) is 0 Å². The topological polar surface area (TPSA) is 98.9 Å². The van der Waals surface area contributed by atoms with Gasteiger partial charge in [0.05, 0.1) is 6.10 Å². The van der Waals surface area contributed by atoms with Crippen LogP contribution in [-0.4, -0.2) is 32.6 Å². The molecule has 2 aromatic heterocycles. The fraction of sp³-hybridized carbons (Fsp3) is 0.522. The Morgan fingerprint density at radius 1 is 1.39 bits per heavy atom. The van der Waals surface area contributed by atoms with E-state index in [1.807, 2.05) is 20.8 Å². The van der Waals surface area contributed by atoms with Crippen molar-refractivity contribution < 1.29 is 23.8 Å². The highest BCUT2D eigenvalue weighted by Crippen LogP contribution is 2.54. The third kappa shape index (κ3) is 3.85. The minimum absolute atomic E-state index is 0.0573. The number of aromatic nitrogens is 1. The molecular weight excluding hydrogens is 422 g/mol. The minimum atomic E-state index is -1.15. The fourth-order valence-electron chi connectivity index (χ4n) is 4.80. The molecule has 0 bridgehead atoms. The number of alkyl halides is 1. The van der Waals surface area contributed by atoms with Gasteiger partial charge >= 0.3 is 11.6 Å². The average molecular weight is 448 g/mol. The van der Waals surface area contributed by atoms with Crippen molar-refractivity contribution >= 4 is 17.6 Å². The third-order valence-corrected chi connectivity index (χ3v) is 6.90. The number of aliphatic hydroxyl groups excluding tert-OH is 1. The maximum absolute atomic E-state index is 12.8. The molecule has 0 unspecified atom stereocenters. The number of hydrogen-bond acceptors (Lipinski definition) is 7. The van der Waals surface area contributed by atoms with E-state index in [9.17, 15) is 14.7 Å². The van der Waals surface area contributed by atoms with Crippen LogP contribution in [0.25, 0.3) is 11.3 Å². The number of rotatable bonds is 3. The molecular formula is C23H26ClNO6. The van der Waals surface area contributed by atoms with Gasteiger partial charge in [0.15, 0.2) is 0 Å². The summed E-state index contributed by atoms with van der Waals surface area (Å²) in [5.41, 5.74) is -1.01. The summed E-state index contributed by atoms with van der Waals surface area (Å²) in [5, 5.41) is 11.3. The Balaban J connectivity index is 1.81. The lowest BCUT2D eigenvalue weighted by atomic mass is 9.63. The quantitative estimate of drug-likeness (QED) is 0.563. The largest absolute Gasteiger partial charge is 0.482 e. The third-order valence-electron chi connectivity index (χ3n) is 6.59. The molecule has 1 aliphatic carbocycles. The predicted molar refractivity (Wildman–Crippen MR) is 114 cm³/mol. The zero-order chi connectivity index (χ0) is 22.6. The highest BCUT2D eigenvalue weighted by atomic mass is 35.5. The number of fused-ring (bicyclic) bond motifs is 2. The summed E-state index contributed by atoms with van der Waals surface area (Å²) in [6.45, 7) is 6.94. The summed E-state index contributed by atoms with van der Waals surface area (Å²) >= 11 is 6.61. The van der Waals surface area contributed by atoms with Gasteiger partial charge in [0.25, 0.3) is 0 Å². The molecule has 5 atom stereocenters. The molecule has 3 heterocycles. The first-order valence-electron chi connectivity index (χ1n) is 10.3. The van der Waals surface area contributed by atoms with Crippen molar-refractivity contribution in [3.8, 4) is 17.1 Å². The van der Waals surface area contributed by atoms with Crippen LogP contribution >= 0.6 is 11.6 Å². The van der Waals surface area contributed by atoms with Gasteiger partial charge in [-0.3, -0.25) is 9.78 Å². The molecule has 166 valence electrons. The second-order valence-corrected chi connectivity index (χ2v) is 10.1. The van der Waals surface area contributed by atoms with Gasteiger partial charge in [-0.25, -0.2) is 4.79 Å². The maximum Gasteiger partial charge on any atom is 0.345 e. The second-order valence-electron chi connectivity index (χ2n) is 9.09. The van der Waals surface area contributed by atoms with Gasteiger partial charge in [0.1, 0.15) is 28.8 Å². The monoisotopic (exact) mass is 447 g/mol. The van der Waals surface area contributed by atoms with E-state index in [-0.39, 0.29) is 23.0 Å². The van der Waals surface area contributed by atoms with Crippen LogP contribution in [0.3, 0.4) is 0 Å². The summed E-state index contributed by atoms with van der Waals surface area (Å²) < 4.78 is 17.5. The number of carbonyl (C=O) groups is 1. The molecule has 4 rings (SSSR count). The van der Waals surface area contributed by atoms with E-state index in [1.54, 1.807) is 30.6 Å². The van der Waals surface area contributed by atoms with E-state index in [1.165, 1.54) is 6.92 Å². The van der Waals surface area contributed by atoms with E-state index >= 15 is 0 Å². The van der Waals surface area contributed by atoms with Gasteiger partial charge in [-0.05, 0) is 51.7 Å². The molecule has 1 aliphatic heterocycles. The van der Waals surface area contributed by atoms with Crippen LogP contribution in [0.5, 0.6) is 5.75 Å². The molecule has 0 spiro atoms. The summed E-state index contributed by atoms with van der Waals surface area (Å²) in [6, 6.07) is 5.07. The number of ether oxygens (including phenoxy) is 2. The predicted octanol–water partition coefficient (Wildman–Crippen LogP) is 3.86. The zero-order valence-electron chi connectivity index (χ0n) is 17.9. The number of aliphatic hydroxyl groups is 1. The first kappa shape index (κ1) is 21.8. The normalized spacial score (nSPS) is 30.0. The lowest BCUT2D eigenvalue weighted by Gasteiger charge is -2.54. The Morgan fingerprint density at radius 3 is 2.74 bits per heavy atom. The Bertz CT molecular complexity index is 1050. The van der Waals surface area contributed by atoms with Crippen molar-refractivity contribution in [1.82, 2.24) is 4.98 Å². The van der Waals surface area contributed by atoms with Crippen LogP contribution in [0.15, 0.2) is 39.8 Å². The number of pyridine rings is 1. The number of hydrogen-bond donors (Lipinski definition) is 1. The summed E-state index contributed by atoms with van der Waals surface area (Å²) in [6.07, 6.45) is 2.41. The van der Waals surface area contributed by atoms with Crippen molar-refractivity contribution in [2.45, 2.75) is 63.2 Å². The highest BCUT2D eigenvalue weighted by Gasteiger charge is 2.59. The molecule has 1 N–H and O–H groups in total. The Hall–Kier alpha value is -2.38. The maximum atomic E-state index is 12.8. The van der Waals surface area contributed by atoms with Crippen LogP contribution in [-0.2, 0) is 9.53 Å². The Labute approximate surface area is 185 Å².